The summed E-state index contributed by atoms with van der Waals surface area (Å²) in [5, 5.41) is 2.50. The van der Waals surface area contributed by atoms with Gasteiger partial charge >= 0.3 is 6.92 Å². The molecule has 1 aromatic heterocycles. The molecule has 0 aliphatic carbocycles. The van der Waals surface area contributed by atoms with Gasteiger partial charge in [0.05, 0.1) is 11.0 Å². The van der Waals surface area contributed by atoms with Crippen LogP contribution in [0.4, 0.5) is 0 Å². The van der Waals surface area contributed by atoms with Gasteiger partial charge in [-0.1, -0.05) is 133 Å². The normalized spacial score (nSPS) is 12.5. The molecule has 11 rings (SSSR count). The van der Waals surface area contributed by atoms with Crippen LogP contribution in [0.25, 0.3) is 72.0 Å². The van der Waals surface area contributed by atoms with Crippen molar-refractivity contribution in [2.45, 2.75) is 0 Å². The molecule has 0 atom stereocenters. The van der Waals surface area contributed by atoms with Crippen LogP contribution < -0.4 is 20.3 Å². The van der Waals surface area contributed by atoms with E-state index in [2.05, 4.69) is 180 Å². The predicted molar refractivity (Wildman–Crippen MR) is 215 cm³/mol. The van der Waals surface area contributed by atoms with Crippen molar-refractivity contribution in [2.24, 2.45) is 0 Å². The van der Waals surface area contributed by atoms with Gasteiger partial charge in [0.1, 0.15) is 17.2 Å². The molecule has 3 nitrogen and oxygen atoms in total. The van der Waals surface area contributed by atoms with Gasteiger partial charge in [-0.3, -0.25) is 0 Å². The van der Waals surface area contributed by atoms with Crippen LogP contribution in [0, 0.1) is 0 Å². The van der Waals surface area contributed by atoms with Gasteiger partial charge in [-0.2, -0.15) is 0 Å². The highest BCUT2D eigenvalue weighted by Crippen LogP contribution is 2.43. The molecule has 0 spiro atoms. The van der Waals surface area contributed by atoms with Crippen molar-refractivity contribution in [3.63, 3.8) is 0 Å². The fraction of sp³-hybridized carbons (Fsp3) is 0. The Morgan fingerprint density at radius 1 is 0.385 bits per heavy atom. The highest BCUT2D eigenvalue weighted by atomic mass is 16.5. The fourth-order valence-corrected chi connectivity index (χ4v) is 8.32. The molecule has 0 N–H and O–H groups in total. The molecule has 0 amide bonds. The minimum absolute atomic E-state index is 0.278. The van der Waals surface area contributed by atoms with Crippen LogP contribution in [-0.2, 0) is 0 Å². The highest BCUT2D eigenvalue weighted by Gasteiger charge is 2.41. The maximum atomic E-state index is 6.94. The van der Waals surface area contributed by atoms with E-state index in [1.807, 2.05) is 6.07 Å². The summed E-state index contributed by atoms with van der Waals surface area (Å²) in [4.78, 5) is 0. The van der Waals surface area contributed by atoms with Crippen molar-refractivity contribution in [3.05, 3.63) is 182 Å². The molecule has 0 fully saturated rings. The third-order valence-electron chi connectivity index (χ3n) is 10.7. The first-order valence-corrected chi connectivity index (χ1v) is 17.8. The molecular formula is C48H30BNO2. The zero-order chi connectivity index (χ0) is 34.2. The average molecular weight is 664 g/mol. The van der Waals surface area contributed by atoms with Crippen molar-refractivity contribution in [1.82, 2.24) is 4.57 Å². The van der Waals surface area contributed by atoms with Crippen LogP contribution in [0.5, 0.6) is 17.2 Å². The molecule has 3 heterocycles. The lowest BCUT2D eigenvalue weighted by molar-refractivity contribution is 0.480. The average Bonchev–Trinajstić information content (AvgIpc) is 3.55. The monoisotopic (exact) mass is 663 g/mol. The van der Waals surface area contributed by atoms with Crippen LogP contribution in [0.2, 0.25) is 0 Å². The lowest BCUT2D eigenvalue weighted by Crippen LogP contribution is -2.53. The Bertz CT molecular complexity index is 2820. The molecule has 0 unspecified atom stereocenters. The topological polar surface area (TPSA) is 23.4 Å². The molecule has 8 aromatic carbocycles. The second kappa shape index (κ2) is 11.4. The second-order valence-electron chi connectivity index (χ2n) is 13.6. The van der Waals surface area contributed by atoms with Crippen LogP contribution >= 0.6 is 0 Å². The SMILES string of the molecule is c1ccc(-c2ccccc2-c2ccc3c(c2)Oc2cc(-c4cccc(-n5c6ccccc6c6ccccc65)c4)cc4c2B3Oc2ccccc2-4)cc1. The molecule has 2 aliphatic rings. The number of aromatic nitrogens is 1. The summed E-state index contributed by atoms with van der Waals surface area (Å²) in [6, 6.07) is 64.7. The van der Waals surface area contributed by atoms with Gasteiger partial charge in [-0.05, 0) is 87.5 Å². The zero-order valence-electron chi connectivity index (χ0n) is 28.2. The molecular weight excluding hydrogens is 633 g/mol. The van der Waals surface area contributed by atoms with E-state index in [0.29, 0.717) is 0 Å². The number of benzene rings is 8. The van der Waals surface area contributed by atoms with Gasteiger partial charge in [-0.25, -0.2) is 0 Å². The predicted octanol–water partition coefficient (Wildman–Crippen LogP) is 11.1. The fourth-order valence-electron chi connectivity index (χ4n) is 8.32. The van der Waals surface area contributed by atoms with E-state index in [4.69, 9.17) is 9.39 Å². The first-order chi connectivity index (χ1) is 25.8. The van der Waals surface area contributed by atoms with E-state index >= 15 is 0 Å². The van der Waals surface area contributed by atoms with Gasteiger partial charge in [0.2, 0.25) is 0 Å². The van der Waals surface area contributed by atoms with Gasteiger partial charge in [-0.15, -0.1) is 0 Å². The van der Waals surface area contributed by atoms with Gasteiger partial charge in [0.15, 0.2) is 0 Å². The summed E-state index contributed by atoms with van der Waals surface area (Å²) in [6.07, 6.45) is 0. The van der Waals surface area contributed by atoms with Crippen molar-refractivity contribution in [2.75, 3.05) is 0 Å². The Morgan fingerprint density at radius 3 is 1.81 bits per heavy atom. The molecule has 242 valence electrons. The van der Waals surface area contributed by atoms with Crippen LogP contribution in [-0.4, -0.2) is 11.5 Å². The molecule has 0 saturated carbocycles. The standard InChI is InChI=1S/C48H30BNO2/c1-2-13-31(14-3-1)36-17-4-5-18-37(36)33-25-26-42-46(29-33)51-47-30-34(28-41-40-21-8-11-24-45(40)52-49(42)48(41)47)32-15-12-16-35(27-32)50-43-22-9-6-19-38(43)39-20-7-10-23-44(39)50/h1-30H. The molecule has 4 heteroatoms. The summed E-state index contributed by atoms with van der Waals surface area (Å²) in [6.45, 7) is -0.278. The Labute approximate surface area is 302 Å². The molecule has 2 aliphatic heterocycles. The summed E-state index contributed by atoms with van der Waals surface area (Å²) >= 11 is 0. The summed E-state index contributed by atoms with van der Waals surface area (Å²) in [7, 11) is 0. The molecule has 0 bridgehead atoms. The Kier molecular flexibility index (Phi) is 6.35. The van der Waals surface area contributed by atoms with E-state index in [1.165, 1.54) is 32.9 Å². The lowest BCUT2D eigenvalue weighted by atomic mass is 9.50. The van der Waals surface area contributed by atoms with E-state index < -0.39 is 0 Å². The van der Waals surface area contributed by atoms with Crippen molar-refractivity contribution in [3.8, 4) is 67.4 Å². The quantitative estimate of drug-likeness (QED) is 0.175. The minimum Gasteiger partial charge on any atom is -0.551 e. The largest absolute Gasteiger partial charge is 0.551 e. The van der Waals surface area contributed by atoms with E-state index in [-0.39, 0.29) is 6.92 Å². The Hall–Kier alpha value is -6.78. The third kappa shape index (κ3) is 4.41. The van der Waals surface area contributed by atoms with Crippen molar-refractivity contribution in [1.29, 1.82) is 0 Å². The summed E-state index contributed by atoms with van der Waals surface area (Å²) in [5.41, 5.74) is 14.7. The zero-order valence-corrected chi connectivity index (χ0v) is 28.2. The molecule has 0 radical (unpaired) electrons. The number of rotatable bonds is 4. The molecule has 9 aromatic rings. The van der Waals surface area contributed by atoms with Crippen LogP contribution in [0.1, 0.15) is 0 Å². The van der Waals surface area contributed by atoms with Crippen molar-refractivity contribution < 1.29 is 9.39 Å². The van der Waals surface area contributed by atoms with Crippen LogP contribution in [0.3, 0.4) is 0 Å². The Morgan fingerprint density at radius 2 is 1.02 bits per heavy atom. The first kappa shape index (κ1) is 29.0. The van der Waals surface area contributed by atoms with E-state index in [0.717, 1.165) is 67.2 Å². The number of para-hydroxylation sites is 3. The smallest absolute Gasteiger partial charge is 0.434 e. The summed E-state index contributed by atoms with van der Waals surface area (Å²) in [5.74, 6) is 2.53. The van der Waals surface area contributed by atoms with Gasteiger partial charge in [0, 0.05) is 32.9 Å². The second-order valence-corrected chi connectivity index (χ2v) is 13.6. The number of fused-ring (bicyclic) bond motifs is 7. The van der Waals surface area contributed by atoms with Crippen molar-refractivity contribution >= 4 is 39.6 Å². The Balaban J connectivity index is 1.07. The maximum absolute atomic E-state index is 6.94. The number of hydrogen-bond acceptors (Lipinski definition) is 2. The third-order valence-corrected chi connectivity index (χ3v) is 10.7. The van der Waals surface area contributed by atoms with E-state index in [1.54, 1.807) is 0 Å². The number of hydrogen-bond donors (Lipinski definition) is 0. The minimum atomic E-state index is -0.278. The number of nitrogens with zero attached hydrogens (tertiary/aromatic N) is 1. The van der Waals surface area contributed by atoms with E-state index in [9.17, 15) is 0 Å². The van der Waals surface area contributed by atoms with Gasteiger partial charge in [0.25, 0.3) is 0 Å². The van der Waals surface area contributed by atoms with Crippen LogP contribution in [0.15, 0.2) is 182 Å². The first-order valence-electron chi connectivity index (χ1n) is 17.8. The maximum Gasteiger partial charge on any atom is 0.434 e. The lowest BCUT2D eigenvalue weighted by Gasteiger charge is -2.33. The number of ether oxygens (including phenoxy) is 1. The molecule has 0 saturated heterocycles. The summed E-state index contributed by atoms with van der Waals surface area (Å²) < 4.78 is 16.1. The van der Waals surface area contributed by atoms with Gasteiger partial charge < -0.3 is 14.0 Å². The molecule has 52 heavy (non-hydrogen) atoms. The highest BCUT2D eigenvalue weighted by molar-refractivity contribution is 6.84.